The number of ether oxygens (including phenoxy) is 1. The number of anilines is 1. The Morgan fingerprint density at radius 3 is 2.66 bits per heavy atom. The molecule has 0 spiro atoms. The van der Waals surface area contributed by atoms with Crippen LogP contribution in [-0.4, -0.2) is 36.7 Å². The van der Waals surface area contributed by atoms with E-state index in [1.807, 2.05) is 25.1 Å². The fourth-order valence-electron chi connectivity index (χ4n) is 2.72. The van der Waals surface area contributed by atoms with Crippen molar-refractivity contribution in [2.24, 2.45) is 5.10 Å². The highest BCUT2D eigenvalue weighted by molar-refractivity contribution is 5.90. The Bertz CT molecular complexity index is 840. The molecule has 8 heteroatoms. The predicted octanol–water partition coefficient (Wildman–Crippen LogP) is 3.75. The number of carbonyl (C=O) groups excluding carboxylic acids is 1. The van der Waals surface area contributed by atoms with E-state index in [-0.39, 0.29) is 12.3 Å². The summed E-state index contributed by atoms with van der Waals surface area (Å²) in [6.07, 6.45) is 3.48. The van der Waals surface area contributed by atoms with Gasteiger partial charge in [0.15, 0.2) is 6.61 Å². The molecular weight excluding hydrogens is 372 g/mol. The number of amides is 1. The minimum Gasteiger partial charge on any atom is -0.484 e. The van der Waals surface area contributed by atoms with Crippen molar-refractivity contribution in [2.45, 2.75) is 26.7 Å². The Morgan fingerprint density at radius 1 is 1.24 bits per heavy atom. The largest absolute Gasteiger partial charge is 0.484 e. The zero-order valence-corrected chi connectivity index (χ0v) is 16.7. The first kappa shape index (κ1) is 21.9. The Balaban J connectivity index is 2.08. The van der Waals surface area contributed by atoms with Gasteiger partial charge in [0.2, 0.25) is 0 Å². The summed E-state index contributed by atoms with van der Waals surface area (Å²) in [5.41, 5.74) is 3.78. The van der Waals surface area contributed by atoms with Gasteiger partial charge in [0.05, 0.1) is 11.1 Å². The van der Waals surface area contributed by atoms with Gasteiger partial charge in [0.1, 0.15) is 5.75 Å². The van der Waals surface area contributed by atoms with Crippen LogP contribution in [0.2, 0.25) is 0 Å². The van der Waals surface area contributed by atoms with Crippen LogP contribution >= 0.6 is 0 Å². The monoisotopic (exact) mass is 398 g/mol. The van der Waals surface area contributed by atoms with Gasteiger partial charge < -0.3 is 9.64 Å². The Kier molecular flexibility index (Phi) is 8.62. The number of unbranched alkanes of at least 4 members (excludes halogenated alkanes) is 1. The second-order valence-electron chi connectivity index (χ2n) is 6.33. The molecule has 0 aliphatic carbocycles. The molecule has 1 amide bonds. The van der Waals surface area contributed by atoms with E-state index in [9.17, 15) is 14.9 Å². The molecule has 0 saturated carbocycles. The maximum absolute atomic E-state index is 11.9. The zero-order chi connectivity index (χ0) is 21.1. The van der Waals surface area contributed by atoms with E-state index in [1.165, 1.54) is 18.3 Å². The van der Waals surface area contributed by atoms with E-state index in [0.717, 1.165) is 31.6 Å². The van der Waals surface area contributed by atoms with Crippen LogP contribution in [0.15, 0.2) is 53.6 Å². The Morgan fingerprint density at radius 2 is 2.00 bits per heavy atom. The van der Waals surface area contributed by atoms with Gasteiger partial charge >= 0.3 is 0 Å². The smallest absolute Gasteiger partial charge is 0.277 e. The maximum Gasteiger partial charge on any atom is 0.277 e. The van der Waals surface area contributed by atoms with Crippen LogP contribution < -0.4 is 15.1 Å². The van der Waals surface area contributed by atoms with Crippen molar-refractivity contribution in [3.8, 4) is 5.75 Å². The zero-order valence-electron chi connectivity index (χ0n) is 16.7. The summed E-state index contributed by atoms with van der Waals surface area (Å²) in [5.74, 6) is 0.164. The predicted molar refractivity (Wildman–Crippen MR) is 114 cm³/mol. The lowest BCUT2D eigenvalue weighted by Crippen LogP contribution is -2.26. The molecule has 154 valence electrons. The topological polar surface area (TPSA) is 97.1 Å². The molecule has 2 aromatic carbocycles. The van der Waals surface area contributed by atoms with Crippen LogP contribution in [0, 0.1) is 10.1 Å². The average molecular weight is 398 g/mol. The van der Waals surface area contributed by atoms with Gasteiger partial charge in [-0.3, -0.25) is 14.9 Å². The lowest BCUT2D eigenvalue weighted by molar-refractivity contribution is -0.384. The Labute approximate surface area is 170 Å². The third-order valence-corrected chi connectivity index (χ3v) is 4.23. The van der Waals surface area contributed by atoms with Crippen LogP contribution in [0.4, 0.5) is 11.4 Å². The number of rotatable bonds is 11. The molecule has 0 fully saturated rings. The molecule has 1 N–H and O–H groups in total. The van der Waals surface area contributed by atoms with Gasteiger partial charge in [-0.25, -0.2) is 5.43 Å². The number of nitrogens with one attached hydrogen (secondary N) is 1. The molecule has 0 radical (unpaired) electrons. The van der Waals surface area contributed by atoms with E-state index >= 15 is 0 Å². The molecule has 0 saturated heterocycles. The first-order valence-electron chi connectivity index (χ1n) is 9.58. The molecule has 2 rings (SSSR count). The van der Waals surface area contributed by atoms with E-state index in [2.05, 4.69) is 22.4 Å². The molecule has 0 bridgehead atoms. The highest BCUT2D eigenvalue weighted by Gasteiger charge is 2.14. The van der Waals surface area contributed by atoms with Crippen molar-refractivity contribution >= 4 is 23.5 Å². The number of hydrazone groups is 1. The number of para-hydroxylation sites is 1. The molecule has 0 atom stereocenters. The maximum atomic E-state index is 11.9. The van der Waals surface area contributed by atoms with Gasteiger partial charge in [-0.05, 0) is 31.5 Å². The van der Waals surface area contributed by atoms with Gasteiger partial charge in [0, 0.05) is 36.5 Å². The number of nitro benzene ring substituents is 1. The lowest BCUT2D eigenvalue weighted by Gasteiger charge is -2.24. The third-order valence-electron chi connectivity index (χ3n) is 4.23. The van der Waals surface area contributed by atoms with Crippen molar-refractivity contribution in [3.63, 3.8) is 0 Å². The fraction of sp³-hybridized carbons (Fsp3) is 0.333. The second-order valence-corrected chi connectivity index (χ2v) is 6.33. The molecule has 2 aromatic rings. The van der Waals surface area contributed by atoms with Crippen molar-refractivity contribution in [2.75, 3.05) is 24.6 Å². The Hall–Kier alpha value is -3.42. The van der Waals surface area contributed by atoms with Crippen molar-refractivity contribution < 1.29 is 14.5 Å². The summed E-state index contributed by atoms with van der Waals surface area (Å²) in [5, 5.41) is 15.1. The number of hydrogen-bond donors (Lipinski definition) is 1. The van der Waals surface area contributed by atoms with Crippen LogP contribution in [0.25, 0.3) is 0 Å². The molecule has 8 nitrogen and oxygen atoms in total. The van der Waals surface area contributed by atoms with Crippen LogP contribution in [0.3, 0.4) is 0 Å². The summed E-state index contributed by atoms with van der Waals surface area (Å²) in [6.45, 7) is 5.55. The molecule has 0 unspecified atom stereocenters. The highest BCUT2D eigenvalue weighted by Crippen LogP contribution is 2.24. The standard InChI is InChI=1S/C21H26N4O4/c1-3-5-13-24(4-2)20-12-11-18(25(27)28)14-17(20)15-22-23-21(26)16-29-19-9-7-6-8-10-19/h6-12,14-15H,3-5,13,16H2,1-2H3,(H,23,26)/b22-15-. The van der Waals surface area contributed by atoms with E-state index in [1.54, 1.807) is 18.2 Å². The lowest BCUT2D eigenvalue weighted by atomic mass is 10.1. The van der Waals surface area contributed by atoms with Crippen molar-refractivity contribution in [1.82, 2.24) is 5.43 Å². The van der Waals surface area contributed by atoms with Gasteiger partial charge in [0.25, 0.3) is 11.6 Å². The fourth-order valence-corrected chi connectivity index (χ4v) is 2.72. The van der Waals surface area contributed by atoms with Gasteiger partial charge in [-0.15, -0.1) is 0 Å². The normalized spacial score (nSPS) is 10.7. The highest BCUT2D eigenvalue weighted by atomic mass is 16.6. The second kappa shape index (κ2) is 11.4. The van der Waals surface area contributed by atoms with E-state index in [0.29, 0.717) is 11.3 Å². The molecule has 0 aliphatic heterocycles. The first-order valence-corrected chi connectivity index (χ1v) is 9.58. The van der Waals surface area contributed by atoms with Gasteiger partial charge in [-0.1, -0.05) is 31.5 Å². The third kappa shape index (κ3) is 6.91. The van der Waals surface area contributed by atoms with E-state index < -0.39 is 10.8 Å². The van der Waals surface area contributed by atoms with Crippen molar-refractivity contribution in [3.05, 3.63) is 64.2 Å². The van der Waals surface area contributed by atoms with Crippen LogP contribution in [0.1, 0.15) is 32.3 Å². The molecule has 0 aromatic heterocycles. The molecular formula is C21H26N4O4. The van der Waals surface area contributed by atoms with E-state index in [4.69, 9.17) is 4.74 Å². The number of carbonyl (C=O) groups is 1. The average Bonchev–Trinajstić information content (AvgIpc) is 2.74. The number of benzene rings is 2. The van der Waals surface area contributed by atoms with Gasteiger partial charge in [-0.2, -0.15) is 5.10 Å². The summed E-state index contributed by atoms with van der Waals surface area (Å²) in [4.78, 5) is 24.8. The number of nitrogens with zero attached hydrogens (tertiary/aromatic N) is 3. The van der Waals surface area contributed by atoms with Crippen molar-refractivity contribution in [1.29, 1.82) is 0 Å². The minimum absolute atomic E-state index is 0.0273. The van der Waals surface area contributed by atoms with Crippen LogP contribution in [0.5, 0.6) is 5.75 Å². The first-order chi connectivity index (χ1) is 14.0. The van der Waals surface area contributed by atoms with Crippen LogP contribution in [-0.2, 0) is 4.79 Å². The summed E-state index contributed by atoms with van der Waals surface area (Å²) in [7, 11) is 0. The number of hydrogen-bond acceptors (Lipinski definition) is 6. The summed E-state index contributed by atoms with van der Waals surface area (Å²) < 4.78 is 5.36. The number of non-ortho nitro benzene ring substituents is 1. The molecule has 29 heavy (non-hydrogen) atoms. The molecule has 0 heterocycles. The number of nitro groups is 1. The quantitative estimate of drug-likeness (QED) is 0.353. The summed E-state index contributed by atoms with van der Waals surface area (Å²) in [6, 6.07) is 13.6. The molecule has 0 aliphatic rings. The minimum atomic E-state index is -0.449. The summed E-state index contributed by atoms with van der Waals surface area (Å²) >= 11 is 0. The SMILES string of the molecule is CCCCN(CC)c1ccc([N+](=O)[O-])cc1/C=N\NC(=O)COc1ccccc1.